The molecule has 7 nitrogen and oxygen atoms in total. The van der Waals surface area contributed by atoms with Crippen LogP contribution in [0.1, 0.15) is 37.6 Å². The SMILES string of the molecule is CCN(CC)CCCN1C(=O)C(=O)C(=C(O)c2ccc(OC)cc2)C1c1ccco1. The Morgan fingerprint density at radius 1 is 1.17 bits per heavy atom. The fourth-order valence-electron chi connectivity index (χ4n) is 3.76. The summed E-state index contributed by atoms with van der Waals surface area (Å²) in [6, 6.07) is 9.36. The van der Waals surface area contributed by atoms with E-state index >= 15 is 0 Å². The van der Waals surface area contributed by atoms with Crippen LogP contribution in [0.15, 0.2) is 52.7 Å². The molecule has 1 aliphatic heterocycles. The van der Waals surface area contributed by atoms with Crippen LogP contribution in [-0.4, -0.2) is 59.9 Å². The van der Waals surface area contributed by atoms with E-state index in [4.69, 9.17) is 9.15 Å². The Bertz CT molecular complexity index is 898. The molecule has 2 aromatic rings. The first-order chi connectivity index (χ1) is 14.5. The molecule has 1 fully saturated rings. The number of Topliss-reactive ketones (excluding diaryl/α,β-unsaturated/α-hetero) is 1. The molecule has 1 saturated heterocycles. The lowest BCUT2D eigenvalue weighted by Gasteiger charge is -2.25. The maximum atomic E-state index is 12.9. The van der Waals surface area contributed by atoms with Crippen molar-refractivity contribution in [1.29, 1.82) is 0 Å². The molecule has 1 N–H and O–H groups in total. The smallest absolute Gasteiger partial charge is 0.295 e. The molecule has 0 spiro atoms. The Balaban J connectivity index is 1.95. The van der Waals surface area contributed by atoms with E-state index in [1.54, 1.807) is 43.5 Å². The fourth-order valence-corrected chi connectivity index (χ4v) is 3.76. The van der Waals surface area contributed by atoms with Crippen molar-refractivity contribution in [2.24, 2.45) is 0 Å². The number of benzene rings is 1. The van der Waals surface area contributed by atoms with Crippen molar-refractivity contribution in [2.75, 3.05) is 33.3 Å². The van der Waals surface area contributed by atoms with E-state index in [1.165, 1.54) is 11.2 Å². The molecule has 30 heavy (non-hydrogen) atoms. The highest BCUT2D eigenvalue weighted by Gasteiger charge is 2.47. The minimum Gasteiger partial charge on any atom is -0.507 e. The average molecular weight is 412 g/mol. The number of ether oxygens (including phenoxy) is 1. The van der Waals surface area contributed by atoms with Crippen LogP contribution in [0, 0.1) is 0 Å². The Kier molecular flexibility index (Phi) is 6.95. The van der Waals surface area contributed by atoms with Gasteiger partial charge in [-0.1, -0.05) is 13.8 Å². The summed E-state index contributed by atoms with van der Waals surface area (Å²) < 4.78 is 10.7. The normalized spacial score (nSPS) is 18.4. The highest BCUT2D eigenvalue weighted by molar-refractivity contribution is 6.46. The molecule has 0 radical (unpaired) electrons. The van der Waals surface area contributed by atoms with Gasteiger partial charge in [-0.15, -0.1) is 0 Å². The molecular formula is C23H28N2O5. The Morgan fingerprint density at radius 3 is 2.43 bits per heavy atom. The number of carbonyl (C=O) groups is 2. The first kappa shape index (κ1) is 21.6. The van der Waals surface area contributed by atoms with Crippen LogP contribution in [0.4, 0.5) is 0 Å². The first-order valence-electron chi connectivity index (χ1n) is 10.2. The van der Waals surface area contributed by atoms with Crippen LogP contribution in [0.25, 0.3) is 5.76 Å². The van der Waals surface area contributed by atoms with Crippen molar-refractivity contribution in [3.63, 3.8) is 0 Å². The highest BCUT2D eigenvalue weighted by Crippen LogP contribution is 2.39. The van der Waals surface area contributed by atoms with E-state index in [0.717, 1.165) is 19.6 Å². The zero-order chi connectivity index (χ0) is 21.7. The van der Waals surface area contributed by atoms with Gasteiger partial charge in [0.05, 0.1) is 18.9 Å². The Morgan fingerprint density at radius 2 is 1.87 bits per heavy atom. The summed E-state index contributed by atoms with van der Waals surface area (Å²) in [6.07, 6.45) is 2.22. The molecule has 1 aliphatic rings. The number of aliphatic hydroxyl groups is 1. The van der Waals surface area contributed by atoms with Crippen molar-refractivity contribution in [3.8, 4) is 5.75 Å². The standard InChI is InChI=1S/C23H28N2O5/c1-4-24(5-2)13-7-14-25-20(18-8-6-15-30-18)19(22(27)23(25)28)21(26)16-9-11-17(29-3)12-10-16/h6,8-12,15,20,26H,4-5,7,13-14H2,1-3H3. The van der Waals surface area contributed by atoms with Gasteiger partial charge in [0.15, 0.2) is 0 Å². The van der Waals surface area contributed by atoms with Gasteiger partial charge < -0.3 is 24.1 Å². The zero-order valence-corrected chi connectivity index (χ0v) is 17.6. The van der Waals surface area contributed by atoms with Crippen molar-refractivity contribution in [2.45, 2.75) is 26.3 Å². The molecule has 0 saturated carbocycles. The minimum absolute atomic E-state index is 0.0444. The number of likely N-dealkylation sites (tertiary alicyclic amines) is 1. The van der Waals surface area contributed by atoms with E-state index in [9.17, 15) is 14.7 Å². The fraction of sp³-hybridized carbons (Fsp3) is 0.391. The average Bonchev–Trinajstić information content (AvgIpc) is 3.38. The van der Waals surface area contributed by atoms with Crippen LogP contribution in [0.5, 0.6) is 5.75 Å². The van der Waals surface area contributed by atoms with Gasteiger partial charge in [0.1, 0.15) is 23.3 Å². The third-order valence-electron chi connectivity index (χ3n) is 5.48. The van der Waals surface area contributed by atoms with Crippen molar-refractivity contribution >= 4 is 17.4 Å². The van der Waals surface area contributed by atoms with Crippen LogP contribution < -0.4 is 4.74 Å². The van der Waals surface area contributed by atoms with E-state index in [0.29, 0.717) is 30.0 Å². The number of ketones is 1. The summed E-state index contributed by atoms with van der Waals surface area (Å²) in [7, 11) is 1.55. The molecular weight excluding hydrogens is 384 g/mol. The second kappa shape index (κ2) is 9.63. The molecule has 2 heterocycles. The Labute approximate surface area is 176 Å². The first-order valence-corrected chi connectivity index (χ1v) is 10.2. The second-order valence-electron chi connectivity index (χ2n) is 7.12. The highest BCUT2D eigenvalue weighted by atomic mass is 16.5. The van der Waals surface area contributed by atoms with Gasteiger partial charge in [-0.2, -0.15) is 0 Å². The third kappa shape index (κ3) is 4.26. The van der Waals surface area contributed by atoms with Gasteiger partial charge in [-0.25, -0.2) is 0 Å². The van der Waals surface area contributed by atoms with E-state index in [2.05, 4.69) is 18.7 Å². The van der Waals surface area contributed by atoms with Gasteiger partial charge in [0.2, 0.25) is 0 Å². The van der Waals surface area contributed by atoms with Crippen LogP contribution in [0.3, 0.4) is 0 Å². The number of aliphatic hydroxyl groups excluding tert-OH is 1. The third-order valence-corrected chi connectivity index (χ3v) is 5.48. The maximum Gasteiger partial charge on any atom is 0.295 e. The quantitative estimate of drug-likeness (QED) is 0.386. The van der Waals surface area contributed by atoms with Crippen molar-refractivity contribution in [1.82, 2.24) is 9.80 Å². The number of carbonyl (C=O) groups excluding carboxylic acids is 2. The predicted molar refractivity (Wildman–Crippen MR) is 113 cm³/mol. The summed E-state index contributed by atoms with van der Waals surface area (Å²) >= 11 is 0. The number of nitrogens with zero attached hydrogens (tertiary/aromatic N) is 2. The van der Waals surface area contributed by atoms with E-state index in [-0.39, 0.29) is 11.3 Å². The van der Waals surface area contributed by atoms with Crippen LogP contribution in [-0.2, 0) is 9.59 Å². The number of hydrogen-bond acceptors (Lipinski definition) is 6. The summed E-state index contributed by atoms with van der Waals surface area (Å²) in [5.74, 6) is -0.458. The maximum absolute atomic E-state index is 12.9. The lowest BCUT2D eigenvalue weighted by molar-refractivity contribution is -0.140. The summed E-state index contributed by atoms with van der Waals surface area (Å²) in [5, 5.41) is 10.9. The van der Waals surface area contributed by atoms with E-state index < -0.39 is 17.7 Å². The van der Waals surface area contributed by atoms with E-state index in [1.807, 2.05) is 0 Å². The molecule has 1 amide bonds. The van der Waals surface area contributed by atoms with Gasteiger partial charge in [-0.3, -0.25) is 9.59 Å². The second-order valence-corrected chi connectivity index (χ2v) is 7.12. The van der Waals surface area contributed by atoms with Crippen LogP contribution in [0.2, 0.25) is 0 Å². The molecule has 1 atom stereocenters. The molecule has 0 aliphatic carbocycles. The number of amides is 1. The Hall–Kier alpha value is -3.06. The summed E-state index contributed by atoms with van der Waals surface area (Å²) in [5.41, 5.74) is 0.483. The minimum atomic E-state index is -0.751. The lowest BCUT2D eigenvalue weighted by Crippen LogP contribution is -2.33. The number of hydrogen-bond donors (Lipinski definition) is 1. The molecule has 3 rings (SSSR count). The monoisotopic (exact) mass is 412 g/mol. The predicted octanol–water partition coefficient (Wildman–Crippen LogP) is 3.44. The number of methoxy groups -OCH3 is 1. The topological polar surface area (TPSA) is 83.2 Å². The molecule has 1 aromatic carbocycles. The molecule has 160 valence electrons. The lowest BCUT2D eigenvalue weighted by atomic mass is 9.99. The number of furan rings is 1. The van der Waals surface area contributed by atoms with Gasteiger partial charge in [0, 0.05) is 12.1 Å². The molecule has 1 unspecified atom stereocenters. The molecule has 0 bridgehead atoms. The number of rotatable bonds is 9. The summed E-state index contributed by atoms with van der Waals surface area (Å²) in [4.78, 5) is 29.5. The zero-order valence-electron chi connectivity index (χ0n) is 17.6. The van der Waals surface area contributed by atoms with Crippen LogP contribution >= 0.6 is 0 Å². The molecule has 1 aromatic heterocycles. The van der Waals surface area contributed by atoms with Gasteiger partial charge in [0.25, 0.3) is 11.7 Å². The van der Waals surface area contributed by atoms with Crippen molar-refractivity contribution < 1.29 is 23.8 Å². The van der Waals surface area contributed by atoms with Gasteiger partial charge >= 0.3 is 0 Å². The molecule has 7 heteroatoms. The van der Waals surface area contributed by atoms with Gasteiger partial charge in [-0.05, 0) is 62.5 Å². The van der Waals surface area contributed by atoms with Crippen molar-refractivity contribution in [3.05, 3.63) is 59.6 Å². The largest absolute Gasteiger partial charge is 0.507 e. The summed E-state index contributed by atoms with van der Waals surface area (Å²) in [6.45, 7) is 7.24.